The van der Waals surface area contributed by atoms with E-state index in [1.54, 1.807) is 0 Å². The van der Waals surface area contributed by atoms with Crippen LogP contribution in [0.25, 0.3) is 0 Å². The lowest BCUT2D eigenvalue weighted by Crippen LogP contribution is -2.43. The van der Waals surface area contributed by atoms with Gasteiger partial charge in [-0.1, -0.05) is 23.7 Å². The molecule has 0 aliphatic rings. The van der Waals surface area contributed by atoms with E-state index in [4.69, 9.17) is 11.6 Å². The summed E-state index contributed by atoms with van der Waals surface area (Å²) in [4.78, 5) is 0. The molecular weight excluding hydrogens is 357 g/mol. The van der Waals surface area contributed by atoms with E-state index in [9.17, 15) is 26.0 Å². The molecule has 1 rings (SSSR count). The van der Waals surface area contributed by atoms with Crippen LogP contribution in [0, 0.1) is 0 Å². The van der Waals surface area contributed by atoms with E-state index < -0.39 is 32.3 Å². The zero-order chi connectivity index (χ0) is 16.6. The Bertz CT molecular complexity index is 604. The zero-order valence-corrected chi connectivity index (χ0v) is 13.2. The second kappa shape index (κ2) is 5.81. The molecular formula is C11H11Cl2F4NO2S. The van der Waals surface area contributed by atoms with E-state index in [0.29, 0.717) is 0 Å². The molecule has 120 valence electrons. The summed E-state index contributed by atoms with van der Waals surface area (Å²) in [5.74, 6) is 0. The number of nitrogens with zero attached hydrogens (tertiary/aromatic N) is 1. The van der Waals surface area contributed by atoms with Gasteiger partial charge in [0.2, 0.25) is 15.7 Å². The summed E-state index contributed by atoms with van der Waals surface area (Å²) in [5, 5.41) is -4.58. The molecule has 0 radical (unpaired) electrons. The maximum Gasteiger partial charge on any atom is 0.363 e. The van der Waals surface area contributed by atoms with Crippen molar-refractivity contribution >= 4 is 38.9 Å². The van der Waals surface area contributed by atoms with Crippen molar-refractivity contribution < 1.29 is 26.0 Å². The summed E-state index contributed by atoms with van der Waals surface area (Å²) in [6.45, 7) is 0. The molecule has 0 saturated carbocycles. The van der Waals surface area contributed by atoms with Gasteiger partial charge in [0.05, 0.1) is 11.9 Å². The number of benzene rings is 1. The van der Waals surface area contributed by atoms with Crippen molar-refractivity contribution in [2.45, 2.75) is 16.7 Å². The maximum absolute atomic E-state index is 14.2. The van der Waals surface area contributed by atoms with Gasteiger partial charge in [0.1, 0.15) is 0 Å². The van der Waals surface area contributed by atoms with Crippen LogP contribution in [0.3, 0.4) is 0 Å². The van der Waals surface area contributed by atoms with Crippen LogP contribution in [0.4, 0.5) is 23.2 Å². The topological polar surface area (TPSA) is 37.4 Å². The first kappa shape index (κ1) is 18.3. The molecule has 3 nitrogen and oxygen atoms in total. The Labute approximate surface area is 129 Å². The maximum atomic E-state index is 14.2. The first-order chi connectivity index (χ1) is 9.31. The summed E-state index contributed by atoms with van der Waals surface area (Å²) in [5.41, 5.74) is -7.77. The normalized spacial score (nSPS) is 17.1. The lowest BCUT2D eigenvalue weighted by molar-refractivity contribution is -0.0993. The van der Waals surface area contributed by atoms with E-state index >= 15 is 0 Å². The molecule has 0 saturated heterocycles. The van der Waals surface area contributed by atoms with Gasteiger partial charge in [-0.2, -0.15) is 8.78 Å². The number of anilines is 1. The van der Waals surface area contributed by atoms with Crippen molar-refractivity contribution in [3.8, 4) is 0 Å². The fourth-order valence-corrected chi connectivity index (χ4v) is 2.55. The highest BCUT2D eigenvalue weighted by atomic mass is 35.5. The van der Waals surface area contributed by atoms with Crippen molar-refractivity contribution in [1.82, 2.24) is 0 Å². The smallest absolute Gasteiger partial charge is 0.274 e. The zero-order valence-electron chi connectivity index (χ0n) is 10.8. The Morgan fingerprint density at radius 2 is 1.62 bits per heavy atom. The molecule has 21 heavy (non-hydrogen) atoms. The van der Waals surface area contributed by atoms with E-state index in [-0.39, 0.29) is 5.69 Å². The van der Waals surface area contributed by atoms with Gasteiger partial charge in [-0.15, -0.1) is 0 Å². The molecule has 0 amide bonds. The predicted octanol–water partition coefficient (Wildman–Crippen LogP) is 3.61. The van der Waals surface area contributed by atoms with Crippen molar-refractivity contribution in [3.05, 3.63) is 29.8 Å². The van der Waals surface area contributed by atoms with E-state index in [1.807, 2.05) is 0 Å². The highest BCUT2D eigenvalue weighted by Gasteiger charge is 2.60. The summed E-state index contributed by atoms with van der Waals surface area (Å²) < 4.78 is 77.0. The molecule has 1 aromatic carbocycles. The van der Waals surface area contributed by atoms with Gasteiger partial charge < -0.3 is 0 Å². The Morgan fingerprint density at radius 1 is 1.19 bits per heavy atom. The third-order valence-corrected chi connectivity index (χ3v) is 4.64. The van der Waals surface area contributed by atoms with Gasteiger partial charge in [0.25, 0.3) is 5.67 Å². The standard InChI is InChI=1S/C11H11Cl2F4NO2S/c1-18(21(2,19)20)8-5-3-7(4-6-8)10(15,9(12)14)11(13,16)17/h3-6,9H,1-2H3. The van der Waals surface area contributed by atoms with Crippen molar-refractivity contribution in [2.24, 2.45) is 0 Å². The van der Waals surface area contributed by atoms with Crippen molar-refractivity contribution in [2.75, 3.05) is 17.6 Å². The van der Waals surface area contributed by atoms with E-state index in [0.717, 1.165) is 34.8 Å². The molecule has 0 fully saturated rings. The number of hydrogen-bond donors (Lipinski definition) is 0. The summed E-state index contributed by atoms with van der Waals surface area (Å²) in [6.07, 6.45) is 0.920. The number of alkyl halides is 6. The van der Waals surface area contributed by atoms with Crippen molar-refractivity contribution in [1.29, 1.82) is 0 Å². The van der Waals surface area contributed by atoms with Crippen LogP contribution in [0.15, 0.2) is 24.3 Å². The minimum absolute atomic E-state index is 0.0754. The van der Waals surface area contributed by atoms with E-state index in [1.165, 1.54) is 7.05 Å². The highest BCUT2D eigenvalue weighted by molar-refractivity contribution is 7.92. The van der Waals surface area contributed by atoms with Gasteiger partial charge in [0.15, 0.2) is 0 Å². The van der Waals surface area contributed by atoms with Crippen LogP contribution < -0.4 is 4.31 Å². The van der Waals surface area contributed by atoms with Crippen LogP contribution in [0.1, 0.15) is 5.56 Å². The second-order valence-electron chi connectivity index (χ2n) is 4.29. The molecule has 2 unspecified atom stereocenters. The molecule has 0 aromatic heterocycles. The third kappa shape index (κ3) is 3.54. The van der Waals surface area contributed by atoms with Gasteiger partial charge >= 0.3 is 5.38 Å². The first-order valence-corrected chi connectivity index (χ1v) is 8.06. The fraction of sp³-hybridized carbons (Fsp3) is 0.455. The fourth-order valence-electron chi connectivity index (χ4n) is 1.52. The molecule has 0 N–H and O–H groups in total. The molecule has 0 aliphatic heterocycles. The van der Waals surface area contributed by atoms with E-state index in [2.05, 4.69) is 11.6 Å². The van der Waals surface area contributed by atoms with Crippen LogP contribution in [-0.2, 0) is 15.7 Å². The highest BCUT2D eigenvalue weighted by Crippen LogP contribution is 2.49. The summed E-state index contributed by atoms with van der Waals surface area (Å²) >= 11 is 9.47. The molecule has 0 spiro atoms. The molecule has 0 heterocycles. The molecule has 10 heteroatoms. The van der Waals surface area contributed by atoms with Crippen LogP contribution in [0.2, 0.25) is 0 Å². The molecule has 0 aliphatic carbocycles. The number of sulfonamides is 1. The molecule has 0 bridgehead atoms. The lowest BCUT2D eigenvalue weighted by Gasteiger charge is -2.30. The second-order valence-corrected chi connectivity index (χ2v) is 7.16. The van der Waals surface area contributed by atoms with Gasteiger partial charge in [-0.25, -0.2) is 17.2 Å². The Balaban J connectivity index is 3.29. The molecule has 1 aromatic rings. The van der Waals surface area contributed by atoms with Crippen LogP contribution in [0.5, 0.6) is 0 Å². The van der Waals surface area contributed by atoms with Crippen molar-refractivity contribution in [3.63, 3.8) is 0 Å². The Morgan fingerprint density at radius 3 is 1.90 bits per heavy atom. The number of hydrogen-bond acceptors (Lipinski definition) is 2. The largest absolute Gasteiger partial charge is 0.363 e. The Kier molecular flexibility index (Phi) is 5.07. The van der Waals surface area contributed by atoms with Gasteiger partial charge in [-0.3, -0.25) is 4.31 Å². The lowest BCUT2D eigenvalue weighted by atomic mass is 9.96. The quantitative estimate of drug-likeness (QED) is 0.588. The average Bonchev–Trinajstić information content (AvgIpc) is 2.34. The molecule has 2 atom stereocenters. The first-order valence-electron chi connectivity index (χ1n) is 5.40. The van der Waals surface area contributed by atoms with Crippen LogP contribution in [-0.4, -0.2) is 32.7 Å². The Hall–Kier alpha value is -0.730. The minimum atomic E-state index is -4.58. The SMILES string of the molecule is CN(c1ccc(C(F)(C(F)Cl)C(F)(F)Cl)cc1)S(C)(=O)=O. The minimum Gasteiger partial charge on any atom is -0.274 e. The summed E-state index contributed by atoms with van der Waals surface area (Å²) in [6, 6.07) is 3.66. The monoisotopic (exact) mass is 367 g/mol. The summed E-state index contributed by atoms with van der Waals surface area (Å²) in [7, 11) is -2.37. The van der Waals surface area contributed by atoms with Gasteiger partial charge in [0, 0.05) is 12.6 Å². The van der Waals surface area contributed by atoms with Crippen LogP contribution >= 0.6 is 23.2 Å². The number of halogens is 6. The third-order valence-electron chi connectivity index (χ3n) is 2.86. The average molecular weight is 368 g/mol. The van der Waals surface area contributed by atoms with Gasteiger partial charge in [-0.05, 0) is 23.7 Å². The number of rotatable bonds is 5. The predicted molar refractivity (Wildman–Crippen MR) is 74.0 cm³/mol.